The van der Waals surface area contributed by atoms with Crippen LogP contribution in [0, 0.1) is 0 Å². The summed E-state index contributed by atoms with van der Waals surface area (Å²) in [5.74, 6) is 0. The molecule has 2 unspecified atom stereocenters. The van der Waals surface area contributed by atoms with E-state index in [4.69, 9.17) is 0 Å². The molecule has 2 rings (SSSR count). The van der Waals surface area contributed by atoms with Crippen LogP contribution < -0.4 is 58.2 Å². The van der Waals surface area contributed by atoms with Gasteiger partial charge >= 0.3 is 65.2 Å². The van der Waals surface area contributed by atoms with Gasteiger partial charge in [0, 0.05) is 18.6 Å². The molecule has 2 heterocycles. The second-order valence-corrected chi connectivity index (χ2v) is 4.30. The van der Waals surface area contributed by atoms with E-state index in [0.717, 1.165) is 32.4 Å². The fourth-order valence-electron chi connectivity index (χ4n) is 2.59. The summed E-state index contributed by atoms with van der Waals surface area (Å²) in [7, 11) is -0.400. The third-order valence-corrected chi connectivity index (χ3v) is 3.45. The normalized spacial score (nSPS) is 30.7. The summed E-state index contributed by atoms with van der Waals surface area (Å²) in [6.07, 6.45) is 5.17. The third-order valence-electron chi connectivity index (χ3n) is 3.45. The zero-order chi connectivity index (χ0) is 10.1. The summed E-state index contributed by atoms with van der Waals surface area (Å²) in [4.78, 5) is 14.6. The van der Waals surface area contributed by atoms with Crippen molar-refractivity contribution in [2.24, 2.45) is 0 Å². The van der Waals surface area contributed by atoms with E-state index in [1.54, 1.807) is 6.82 Å². The van der Waals surface area contributed by atoms with E-state index >= 15 is 0 Å². The zero-order valence-corrected chi connectivity index (χ0v) is 14.4. The Balaban J connectivity index is 0.00000112. The molecule has 4 nitrogen and oxygen atoms in total. The molecule has 2 bridgehead atoms. The van der Waals surface area contributed by atoms with Crippen molar-refractivity contribution in [2.45, 2.75) is 38.2 Å². The monoisotopic (exact) mass is 280 g/mol. The minimum atomic E-state index is -0.400. The maximum atomic E-state index is 10.8. The van der Waals surface area contributed by atoms with Gasteiger partial charge in [-0.05, 0) is 32.6 Å². The van der Waals surface area contributed by atoms with Crippen molar-refractivity contribution >= 4 is 13.5 Å². The van der Waals surface area contributed by atoms with Crippen LogP contribution in [0.4, 0.5) is 0 Å². The molecule has 2 saturated heterocycles. The number of amides is 1. The van der Waals surface area contributed by atoms with Crippen LogP contribution in [0.2, 0.25) is 6.82 Å². The van der Waals surface area contributed by atoms with Crippen LogP contribution in [0.25, 0.3) is 0 Å². The predicted molar refractivity (Wildman–Crippen MR) is 54.4 cm³/mol. The molecule has 0 radical (unpaired) electrons. The smallest absolute Gasteiger partial charge is 0.520 e. The molecule has 2 atom stereocenters. The maximum absolute atomic E-state index is 10.8. The number of nitrogens with zero attached hydrogens (tertiary/aromatic N) is 2. The Morgan fingerprint density at radius 3 is 2.60 bits per heavy atom. The molecule has 0 aliphatic carbocycles. The molecule has 0 aromatic heterocycles. The van der Waals surface area contributed by atoms with Crippen LogP contribution in [-0.2, 0) is 4.79 Å². The fraction of sp³-hybridized carbons (Fsp3) is 0.889. The summed E-state index contributed by atoms with van der Waals surface area (Å²) >= 11 is 0. The first kappa shape index (κ1) is 14.3. The molecular weight excluding hydrogens is 264 g/mol. The van der Waals surface area contributed by atoms with Gasteiger partial charge in [0.15, 0.2) is 0 Å². The fourth-order valence-corrected chi connectivity index (χ4v) is 2.59. The molecule has 2 fully saturated rings. The molecule has 2 aliphatic heterocycles. The summed E-state index contributed by atoms with van der Waals surface area (Å²) in [5.41, 5.74) is 0. The summed E-state index contributed by atoms with van der Waals surface area (Å²) in [5, 5.41) is 9.50. The number of rotatable bonds is 2. The van der Waals surface area contributed by atoms with E-state index in [1.807, 2.05) is 16.1 Å². The van der Waals surface area contributed by atoms with Gasteiger partial charge < -0.3 is 19.5 Å². The molecule has 78 valence electrons. The van der Waals surface area contributed by atoms with Gasteiger partial charge in [-0.15, -0.1) is 0 Å². The van der Waals surface area contributed by atoms with Crippen LogP contribution in [0.1, 0.15) is 19.3 Å². The van der Waals surface area contributed by atoms with Crippen LogP contribution in [0.3, 0.4) is 0 Å². The Morgan fingerprint density at radius 1 is 1.33 bits per heavy atom. The quantitative estimate of drug-likeness (QED) is 0.426. The molecule has 15 heavy (non-hydrogen) atoms. The Morgan fingerprint density at radius 2 is 2.00 bits per heavy atom. The largest absolute Gasteiger partial charge is 1.00 e. The van der Waals surface area contributed by atoms with Crippen LogP contribution in [-0.4, -0.2) is 53.4 Å². The Labute approximate surface area is 140 Å². The van der Waals surface area contributed by atoms with E-state index < -0.39 is 7.05 Å². The van der Waals surface area contributed by atoms with Crippen molar-refractivity contribution in [1.29, 1.82) is 0 Å². The van der Waals surface area contributed by atoms with Gasteiger partial charge in [-0.3, -0.25) is 0 Å². The Bertz CT molecular complexity index is 230. The first-order valence-corrected chi connectivity index (χ1v) is 5.30. The Kier molecular flexibility index (Phi) is 5.98. The van der Waals surface area contributed by atoms with Gasteiger partial charge in [-0.25, -0.2) is 0 Å². The molecule has 1 N–H and O–H groups in total. The van der Waals surface area contributed by atoms with Gasteiger partial charge in [0.25, 0.3) is 0 Å². The van der Waals surface area contributed by atoms with Crippen LogP contribution >= 0.6 is 0 Å². The van der Waals surface area contributed by atoms with Gasteiger partial charge in [-0.1, -0.05) is 0 Å². The van der Waals surface area contributed by atoms with Crippen molar-refractivity contribution in [3.05, 3.63) is 0 Å². The van der Waals surface area contributed by atoms with Crippen LogP contribution in [0.15, 0.2) is 0 Å². The minimum absolute atomic E-state index is 0. The SMILES string of the molecule is CB(O)N1CCC2CCC(C1)N2[C-]=O.[Rb+]. The third kappa shape index (κ3) is 3.13. The van der Waals surface area contributed by atoms with Gasteiger partial charge in [0.05, 0.1) is 0 Å². The van der Waals surface area contributed by atoms with Crippen molar-refractivity contribution in [3.8, 4) is 0 Å². The zero-order valence-electron chi connectivity index (χ0n) is 9.52. The number of hydrogen-bond acceptors (Lipinski definition) is 3. The molecular formula is C9H16BN2O2Rb. The van der Waals surface area contributed by atoms with Gasteiger partial charge in [0.1, 0.15) is 0 Å². The first-order valence-electron chi connectivity index (χ1n) is 5.30. The average Bonchev–Trinajstić information content (AvgIpc) is 2.39. The van der Waals surface area contributed by atoms with Gasteiger partial charge in [0.2, 0.25) is 0 Å². The van der Waals surface area contributed by atoms with Crippen LogP contribution in [0.5, 0.6) is 0 Å². The molecule has 0 aromatic carbocycles. The summed E-state index contributed by atoms with van der Waals surface area (Å²) < 4.78 is 0. The van der Waals surface area contributed by atoms with Crippen molar-refractivity contribution in [2.75, 3.05) is 13.1 Å². The molecule has 6 heteroatoms. The van der Waals surface area contributed by atoms with Gasteiger partial charge in [-0.2, -0.15) is 6.41 Å². The summed E-state index contributed by atoms with van der Waals surface area (Å²) in [6, 6.07) is 0.635. The number of hydrogen-bond donors (Lipinski definition) is 1. The second-order valence-electron chi connectivity index (χ2n) is 4.30. The van der Waals surface area contributed by atoms with Crippen molar-refractivity contribution in [3.63, 3.8) is 0 Å². The number of carbonyl (C=O) groups excluding carboxylic acids is 1. The topological polar surface area (TPSA) is 43.8 Å². The Hall–Kier alpha value is 1.26. The standard InChI is InChI=1S/C9H16BN2O2.Rb/c1-10(14)11-5-4-8-2-3-9(6-11)12(8)7-13;/h8-9,14H,2-6H2,1H3;/q-1;+1. The van der Waals surface area contributed by atoms with E-state index in [9.17, 15) is 9.82 Å². The molecule has 0 aromatic rings. The summed E-state index contributed by atoms with van der Waals surface area (Å²) in [6.45, 7) is 3.47. The average molecular weight is 281 g/mol. The van der Waals surface area contributed by atoms with Crippen molar-refractivity contribution < 1.29 is 68.0 Å². The molecule has 0 saturated carbocycles. The van der Waals surface area contributed by atoms with Crippen molar-refractivity contribution in [1.82, 2.24) is 9.71 Å². The van der Waals surface area contributed by atoms with E-state index in [0.29, 0.717) is 6.04 Å². The maximum Gasteiger partial charge on any atom is 1.00 e. The number of fused-ring (bicyclic) bond motifs is 2. The van der Waals surface area contributed by atoms with E-state index in [2.05, 4.69) is 0 Å². The molecule has 1 amide bonds. The van der Waals surface area contributed by atoms with E-state index in [1.165, 1.54) is 0 Å². The molecule has 0 spiro atoms. The molecule has 2 aliphatic rings. The second kappa shape index (κ2) is 6.26. The minimum Gasteiger partial charge on any atom is -0.520 e. The first-order chi connectivity index (χ1) is 6.72. The predicted octanol–water partition coefficient (Wildman–Crippen LogP) is -3.29. The van der Waals surface area contributed by atoms with E-state index in [-0.39, 0.29) is 64.2 Å².